The standard InChI is InChI=1S/C75H137N2O6P/c1-6-8-10-12-14-16-18-20-22-24-26-28-29-30-31-32-33-34-35-36-37-38-39-40-41-42-43-44-45-46-47-49-51-53-55-57-59-61-63-65-67-69-75(79)76-73(72-83-84(80,81)82-71-70-77(3,4)5)74(78)68-66-64-62-60-58-56-54-52-50-48-27-25-23-21-19-17-15-13-11-9-7-2/h8,10,14,16,20,22,26,28,30-31,50,52,58,60,66,68,73-74,78H,6-7,9,11-13,15,17-19,21,23-25,27,29,32-49,51,53-57,59,61-65,67,69-72H2,1-5H3,(H-,76,79,80,81)/p+1/b10-8-,16-14-,22-20-,28-26-,31-30-,52-50+,60-58+,68-66+. The van der Waals surface area contributed by atoms with Gasteiger partial charge in [0.25, 0.3) is 0 Å². The molecule has 0 bridgehead atoms. The average Bonchev–Trinajstić information content (AvgIpc) is 3.56. The smallest absolute Gasteiger partial charge is 0.387 e. The zero-order valence-corrected chi connectivity index (χ0v) is 56.8. The third-order valence-electron chi connectivity index (χ3n) is 15.8. The zero-order chi connectivity index (χ0) is 61.2. The van der Waals surface area contributed by atoms with Crippen LogP contribution in [0.3, 0.4) is 0 Å². The summed E-state index contributed by atoms with van der Waals surface area (Å²) in [4.78, 5) is 23.4. The van der Waals surface area contributed by atoms with E-state index in [-0.39, 0.29) is 19.1 Å². The third-order valence-corrected chi connectivity index (χ3v) is 16.7. The lowest BCUT2D eigenvalue weighted by Gasteiger charge is -2.25. The van der Waals surface area contributed by atoms with Gasteiger partial charge in [-0.15, -0.1) is 0 Å². The summed E-state index contributed by atoms with van der Waals surface area (Å²) in [5, 5.41) is 14.0. The van der Waals surface area contributed by atoms with E-state index in [4.69, 9.17) is 9.05 Å². The number of likely N-dealkylation sites (N-methyl/N-ethyl adjacent to an activating group) is 1. The van der Waals surface area contributed by atoms with E-state index in [1.165, 1.54) is 225 Å². The van der Waals surface area contributed by atoms with Crippen molar-refractivity contribution in [2.75, 3.05) is 40.9 Å². The van der Waals surface area contributed by atoms with Crippen LogP contribution in [0.1, 0.15) is 322 Å². The molecule has 0 heterocycles. The summed E-state index contributed by atoms with van der Waals surface area (Å²) < 4.78 is 23.8. The number of phosphoric acid groups is 1. The Balaban J connectivity index is 3.98. The molecule has 3 unspecified atom stereocenters. The molecule has 1 amide bonds. The van der Waals surface area contributed by atoms with E-state index < -0.39 is 20.0 Å². The molecule has 0 saturated heterocycles. The highest BCUT2D eigenvalue weighted by Crippen LogP contribution is 2.43. The number of nitrogens with one attached hydrogen (secondary N) is 1. The Kier molecular flexibility index (Phi) is 62.9. The number of carbonyl (C=O) groups is 1. The monoisotopic (exact) mass is 1190 g/mol. The summed E-state index contributed by atoms with van der Waals surface area (Å²) in [7, 11) is 1.55. The van der Waals surface area contributed by atoms with Crippen LogP contribution in [0, 0.1) is 0 Å². The van der Waals surface area contributed by atoms with Crippen molar-refractivity contribution in [2.24, 2.45) is 0 Å². The number of aliphatic hydroxyl groups is 1. The van der Waals surface area contributed by atoms with Gasteiger partial charge in [0.1, 0.15) is 13.2 Å². The summed E-state index contributed by atoms with van der Waals surface area (Å²) in [5.41, 5.74) is 0. The number of carbonyl (C=O) groups excluding carboxylic acids is 1. The van der Waals surface area contributed by atoms with Crippen LogP contribution in [0.25, 0.3) is 0 Å². The highest BCUT2D eigenvalue weighted by atomic mass is 31.2. The fourth-order valence-corrected chi connectivity index (χ4v) is 11.0. The van der Waals surface area contributed by atoms with Crippen molar-refractivity contribution in [3.05, 3.63) is 97.2 Å². The number of aliphatic hydroxyl groups excluding tert-OH is 1. The molecule has 0 aliphatic carbocycles. The van der Waals surface area contributed by atoms with Gasteiger partial charge in [0, 0.05) is 6.42 Å². The Bertz CT molecular complexity index is 1690. The van der Waals surface area contributed by atoms with Crippen LogP contribution in [0.15, 0.2) is 97.2 Å². The first kappa shape index (κ1) is 81.4. The molecule has 0 aromatic carbocycles. The first-order valence-corrected chi connectivity index (χ1v) is 37.1. The second-order valence-corrected chi connectivity index (χ2v) is 26.7. The van der Waals surface area contributed by atoms with Crippen LogP contribution in [0.2, 0.25) is 0 Å². The van der Waals surface area contributed by atoms with Crippen LogP contribution in [-0.2, 0) is 18.4 Å². The number of quaternary nitrogens is 1. The van der Waals surface area contributed by atoms with Crippen molar-refractivity contribution >= 4 is 13.7 Å². The fraction of sp³-hybridized carbons (Fsp3) is 0.773. The molecular formula is C75H138N2O6P+. The Morgan fingerprint density at radius 1 is 0.417 bits per heavy atom. The molecule has 84 heavy (non-hydrogen) atoms. The maximum atomic E-state index is 13.0. The largest absolute Gasteiger partial charge is 0.472 e. The predicted octanol–water partition coefficient (Wildman–Crippen LogP) is 22.9. The normalized spacial score (nSPS) is 14.2. The highest BCUT2D eigenvalue weighted by Gasteiger charge is 2.28. The Morgan fingerprint density at radius 2 is 0.726 bits per heavy atom. The molecule has 0 aromatic heterocycles. The quantitative estimate of drug-likeness (QED) is 0.0243. The number of rotatable bonds is 65. The predicted molar refractivity (Wildman–Crippen MR) is 369 cm³/mol. The van der Waals surface area contributed by atoms with Gasteiger partial charge >= 0.3 is 7.82 Å². The number of allylic oxidation sites excluding steroid dienone is 15. The molecule has 0 rings (SSSR count). The summed E-state index contributed by atoms with van der Waals surface area (Å²) in [6.07, 6.45) is 94.3. The van der Waals surface area contributed by atoms with E-state index >= 15 is 0 Å². The van der Waals surface area contributed by atoms with Crippen LogP contribution >= 0.6 is 7.82 Å². The molecule has 488 valence electrons. The number of unbranched alkanes of at least 4 members (excludes halogenated alkanes) is 38. The van der Waals surface area contributed by atoms with Crippen molar-refractivity contribution in [2.45, 2.75) is 334 Å². The highest BCUT2D eigenvalue weighted by molar-refractivity contribution is 7.47. The van der Waals surface area contributed by atoms with Crippen LogP contribution in [0.5, 0.6) is 0 Å². The van der Waals surface area contributed by atoms with Crippen LogP contribution in [0.4, 0.5) is 0 Å². The second-order valence-electron chi connectivity index (χ2n) is 25.2. The minimum Gasteiger partial charge on any atom is -0.387 e. The molecule has 8 nitrogen and oxygen atoms in total. The summed E-state index contributed by atoms with van der Waals surface area (Å²) in [5.74, 6) is -0.187. The molecule has 0 aliphatic rings. The summed E-state index contributed by atoms with van der Waals surface area (Å²) in [6.45, 7) is 4.70. The molecule has 0 aliphatic heterocycles. The average molecular weight is 1190 g/mol. The molecule has 0 fully saturated rings. The zero-order valence-electron chi connectivity index (χ0n) is 55.9. The number of amides is 1. The maximum Gasteiger partial charge on any atom is 0.472 e. The molecule has 0 saturated carbocycles. The molecule has 0 aromatic rings. The van der Waals surface area contributed by atoms with Gasteiger partial charge in [-0.2, -0.15) is 0 Å². The third kappa shape index (κ3) is 66.9. The van der Waals surface area contributed by atoms with E-state index in [2.05, 4.69) is 104 Å². The Hall–Kier alpha value is -2.58. The van der Waals surface area contributed by atoms with Gasteiger partial charge in [0.15, 0.2) is 0 Å². The van der Waals surface area contributed by atoms with Gasteiger partial charge in [-0.25, -0.2) is 4.57 Å². The van der Waals surface area contributed by atoms with E-state index in [0.29, 0.717) is 17.4 Å². The summed E-state index contributed by atoms with van der Waals surface area (Å²) >= 11 is 0. The first-order valence-electron chi connectivity index (χ1n) is 35.6. The van der Waals surface area contributed by atoms with Crippen molar-refractivity contribution in [1.82, 2.24) is 5.32 Å². The maximum absolute atomic E-state index is 13.0. The minimum absolute atomic E-state index is 0.0525. The van der Waals surface area contributed by atoms with Crippen molar-refractivity contribution in [1.29, 1.82) is 0 Å². The van der Waals surface area contributed by atoms with Gasteiger partial charge < -0.3 is 19.8 Å². The van der Waals surface area contributed by atoms with Crippen molar-refractivity contribution < 1.29 is 32.9 Å². The van der Waals surface area contributed by atoms with E-state index in [0.717, 1.165) is 77.0 Å². The first-order chi connectivity index (χ1) is 41.0. The van der Waals surface area contributed by atoms with Crippen molar-refractivity contribution in [3.63, 3.8) is 0 Å². The van der Waals surface area contributed by atoms with Gasteiger partial charge in [0.05, 0.1) is 39.9 Å². The Labute approximate surface area is 521 Å². The Morgan fingerprint density at radius 3 is 1.10 bits per heavy atom. The topological polar surface area (TPSA) is 105 Å². The lowest BCUT2D eigenvalue weighted by atomic mass is 10.0. The molecule has 9 heteroatoms. The van der Waals surface area contributed by atoms with E-state index in [1.807, 2.05) is 27.2 Å². The molecule has 0 spiro atoms. The number of phosphoric ester groups is 1. The number of nitrogens with zero attached hydrogens (tertiary/aromatic N) is 1. The van der Waals surface area contributed by atoms with Crippen LogP contribution < -0.4 is 5.32 Å². The molecular weight excluding hydrogens is 1060 g/mol. The van der Waals surface area contributed by atoms with Gasteiger partial charge in [0.2, 0.25) is 5.91 Å². The van der Waals surface area contributed by atoms with Crippen LogP contribution in [-0.4, -0.2) is 73.4 Å². The van der Waals surface area contributed by atoms with Gasteiger partial charge in [-0.1, -0.05) is 323 Å². The molecule has 0 radical (unpaired) electrons. The van der Waals surface area contributed by atoms with Gasteiger partial charge in [-0.3, -0.25) is 13.8 Å². The fourth-order valence-electron chi connectivity index (χ4n) is 10.3. The number of hydrogen-bond donors (Lipinski definition) is 3. The lowest BCUT2D eigenvalue weighted by molar-refractivity contribution is -0.870. The number of hydrogen-bond acceptors (Lipinski definition) is 5. The van der Waals surface area contributed by atoms with E-state index in [9.17, 15) is 19.4 Å². The SMILES string of the molecule is CC/C=C\C/C=C\C/C=C\C/C=C\C/C=C\CCCCCCCCCCCCCCCCCCCCCCCCCCCC(=O)NC(COP(=O)(O)OCC[N+](C)(C)C)C(O)/C=C/CC/C=C/CC/C=C/CCCCCCCCCCCCC. The molecule has 3 N–H and O–H groups in total. The lowest BCUT2D eigenvalue weighted by Crippen LogP contribution is -2.45. The summed E-state index contributed by atoms with van der Waals surface area (Å²) in [6, 6.07) is -0.873. The van der Waals surface area contributed by atoms with Gasteiger partial charge in [-0.05, 0) is 89.9 Å². The molecule has 3 atom stereocenters. The second kappa shape index (κ2) is 64.9. The van der Waals surface area contributed by atoms with Crippen molar-refractivity contribution in [3.8, 4) is 0 Å². The van der Waals surface area contributed by atoms with E-state index in [1.54, 1.807) is 6.08 Å². The minimum atomic E-state index is -4.37.